The molecule has 0 radical (unpaired) electrons. The summed E-state index contributed by atoms with van der Waals surface area (Å²) in [7, 11) is 0. The number of allylic oxidation sites excluding steroid dienone is 1. The van der Waals surface area contributed by atoms with Crippen LogP contribution in [0.1, 0.15) is 189 Å². The minimum Gasteiger partial charge on any atom is -0.462 e. The average molecular weight is 597 g/mol. The van der Waals surface area contributed by atoms with E-state index in [0.29, 0.717) is 17.3 Å². The summed E-state index contributed by atoms with van der Waals surface area (Å²) in [5.74, 6) is 5.34. The van der Waals surface area contributed by atoms with E-state index < -0.39 is 0 Å². The number of esters is 1. The standard InChI is InChI=1S/C41H72O2/c1-7-8-9-10-11-12-13-14-15-16-17-21-39(42)43-34-26-28-40(5)33(30-34)22-23-35-37-25-24-36(32(4)20-18-19-31(2)3)41(37,6)29-27-38(35)40/h22,31-32,34-38H,7-21,23-30H2,1-6H3/t32-,34+,35+,36-,37?,38?,40+,41-/m1/s1. The Hall–Kier alpha value is -0.790. The lowest BCUT2D eigenvalue weighted by molar-refractivity contribution is -0.151. The van der Waals surface area contributed by atoms with Gasteiger partial charge in [-0.1, -0.05) is 137 Å². The largest absolute Gasteiger partial charge is 0.462 e. The molecule has 0 saturated heterocycles. The molecule has 4 aliphatic carbocycles. The molecule has 0 aromatic rings. The van der Waals surface area contributed by atoms with E-state index in [9.17, 15) is 4.79 Å². The monoisotopic (exact) mass is 597 g/mol. The zero-order valence-electron chi connectivity index (χ0n) is 29.7. The molecule has 0 aromatic heterocycles. The lowest BCUT2D eigenvalue weighted by Gasteiger charge is -2.58. The first-order valence-corrected chi connectivity index (χ1v) is 19.6. The molecule has 2 nitrogen and oxygen atoms in total. The highest BCUT2D eigenvalue weighted by atomic mass is 16.5. The first-order valence-electron chi connectivity index (χ1n) is 19.6. The maximum absolute atomic E-state index is 12.7. The molecule has 0 spiro atoms. The van der Waals surface area contributed by atoms with Crippen molar-refractivity contribution in [2.45, 2.75) is 195 Å². The Labute approximate surface area is 268 Å². The van der Waals surface area contributed by atoms with Crippen molar-refractivity contribution < 1.29 is 9.53 Å². The number of carbonyl (C=O) groups is 1. The van der Waals surface area contributed by atoms with Crippen LogP contribution in [-0.4, -0.2) is 12.1 Å². The maximum atomic E-state index is 12.7. The van der Waals surface area contributed by atoms with Crippen molar-refractivity contribution in [2.24, 2.45) is 46.3 Å². The normalized spacial score (nSPS) is 34.3. The fourth-order valence-electron chi connectivity index (χ4n) is 10.9. The molecule has 248 valence electrons. The zero-order chi connectivity index (χ0) is 30.9. The molecule has 0 bridgehead atoms. The van der Waals surface area contributed by atoms with Crippen molar-refractivity contribution in [3.05, 3.63) is 11.6 Å². The summed E-state index contributed by atoms with van der Waals surface area (Å²) >= 11 is 0. The lowest BCUT2D eigenvalue weighted by atomic mass is 9.47. The van der Waals surface area contributed by atoms with E-state index in [1.54, 1.807) is 5.57 Å². The minimum atomic E-state index is 0.0618. The van der Waals surface area contributed by atoms with Gasteiger partial charge in [0.1, 0.15) is 6.10 Å². The number of ether oxygens (including phenoxy) is 1. The van der Waals surface area contributed by atoms with Crippen molar-refractivity contribution in [1.29, 1.82) is 0 Å². The Morgan fingerprint density at radius 3 is 2.16 bits per heavy atom. The Morgan fingerprint density at radius 2 is 1.49 bits per heavy atom. The van der Waals surface area contributed by atoms with Crippen LogP contribution >= 0.6 is 0 Å². The summed E-state index contributed by atoms with van der Waals surface area (Å²) < 4.78 is 6.11. The second kappa shape index (κ2) is 16.7. The second-order valence-electron chi connectivity index (χ2n) is 16.9. The molecule has 0 amide bonds. The molecule has 2 unspecified atom stereocenters. The van der Waals surface area contributed by atoms with E-state index in [1.807, 2.05) is 0 Å². The smallest absolute Gasteiger partial charge is 0.306 e. The van der Waals surface area contributed by atoms with E-state index >= 15 is 0 Å². The Morgan fingerprint density at radius 1 is 0.814 bits per heavy atom. The molecule has 0 heterocycles. The van der Waals surface area contributed by atoms with Gasteiger partial charge in [-0.2, -0.15) is 0 Å². The molecule has 43 heavy (non-hydrogen) atoms. The Balaban J connectivity index is 1.19. The number of unbranched alkanes of at least 4 members (excludes halogenated alkanes) is 10. The summed E-state index contributed by atoms with van der Waals surface area (Å²) in [5, 5.41) is 0. The van der Waals surface area contributed by atoms with Crippen LogP contribution in [0.2, 0.25) is 0 Å². The van der Waals surface area contributed by atoms with Crippen molar-refractivity contribution in [2.75, 3.05) is 0 Å². The molecule has 3 saturated carbocycles. The maximum Gasteiger partial charge on any atom is 0.306 e. The van der Waals surface area contributed by atoms with Gasteiger partial charge in [-0.05, 0) is 97.7 Å². The van der Waals surface area contributed by atoms with Crippen LogP contribution < -0.4 is 0 Å². The molecular formula is C41H72O2. The number of hydrogen-bond donors (Lipinski definition) is 0. The summed E-state index contributed by atoms with van der Waals surface area (Å²) in [4.78, 5) is 12.7. The fraction of sp³-hybridized carbons (Fsp3) is 0.927. The summed E-state index contributed by atoms with van der Waals surface area (Å²) in [6.07, 6.45) is 32.5. The first-order chi connectivity index (χ1) is 20.7. The molecule has 0 aromatic carbocycles. The van der Waals surface area contributed by atoms with Gasteiger partial charge in [0.15, 0.2) is 0 Å². The molecular weight excluding hydrogens is 524 g/mol. The van der Waals surface area contributed by atoms with Crippen molar-refractivity contribution >= 4 is 5.97 Å². The summed E-state index contributed by atoms with van der Waals surface area (Å²) in [6, 6.07) is 0. The highest BCUT2D eigenvalue weighted by Crippen LogP contribution is 2.67. The molecule has 3 fully saturated rings. The van der Waals surface area contributed by atoms with Crippen molar-refractivity contribution in [1.82, 2.24) is 0 Å². The minimum absolute atomic E-state index is 0.0618. The second-order valence-corrected chi connectivity index (χ2v) is 16.9. The van der Waals surface area contributed by atoms with Crippen molar-refractivity contribution in [3.63, 3.8) is 0 Å². The fourth-order valence-corrected chi connectivity index (χ4v) is 10.9. The van der Waals surface area contributed by atoms with E-state index in [0.717, 1.165) is 54.8 Å². The van der Waals surface area contributed by atoms with Crippen LogP contribution in [-0.2, 0) is 9.53 Å². The quantitative estimate of drug-likeness (QED) is 0.0893. The Bertz CT molecular complexity index is 873. The number of rotatable bonds is 18. The topological polar surface area (TPSA) is 26.3 Å². The lowest BCUT2D eigenvalue weighted by Crippen LogP contribution is -2.51. The summed E-state index contributed by atoms with van der Waals surface area (Å²) in [6.45, 7) is 14.9. The van der Waals surface area contributed by atoms with Crippen molar-refractivity contribution in [3.8, 4) is 0 Å². The molecule has 2 heteroatoms. The SMILES string of the molecule is CCCCCCCCCCCCCC(=O)O[C@H]1CC[C@@]2(C)C(=CC[C@@H]3C2CC[C@@]2(C)C3CC[C@@H]2[C@H](C)CCCC(C)C)C1. The van der Waals surface area contributed by atoms with Gasteiger partial charge in [-0.15, -0.1) is 0 Å². The predicted molar refractivity (Wildman–Crippen MR) is 184 cm³/mol. The van der Waals surface area contributed by atoms with Crippen LogP contribution in [0.5, 0.6) is 0 Å². The van der Waals surface area contributed by atoms with E-state index in [1.165, 1.54) is 122 Å². The molecule has 4 rings (SSSR count). The van der Waals surface area contributed by atoms with Gasteiger partial charge >= 0.3 is 5.97 Å². The van der Waals surface area contributed by atoms with E-state index in [4.69, 9.17) is 4.74 Å². The molecule has 4 aliphatic rings. The van der Waals surface area contributed by atoms with Crippen LogP contribution in [0, 0.1) is 46.3 Å². The van der Waals surface area contributed by atoms with Gasteiger partial charge < -0.3 is 4.74 Å². The number of fused-ring (bicyclic) bond motifs is 5. The third-order valence-electron chi connectivity index (χ3n) is 13.5. The van der Waals surface area contributed by atoms with Gasteiger partial charge in [0.25, 0.3) is 0 Å². The third kappa shape index (κ3) is 8.93. The van der Waals surface area contributed by atoms with Gasteiger partial charge in [-0.25, -0.2) is 0 Å². The van der Waals surface area contributed by atoms with Gasteiger partial charge in [0, 0.05) is 12.8 Å². The predicted octanol–water partition coefficient (Wildman–Crippen LogP) is 12.6. The zero-order valence-corrected chi connectivity index (χ0v) is 29.7. The van der Waals surface area contributed by atoms with Crippen LogP contribution in [0.25, 0.3) is 0 Å². The first kappa shape index (κ1) is 35.1. The van der Waals surface area contributed by atoms with Gasteiger partial charge in [0.2, 0.25) is 0 Å². The molecule has 0 aliphatic heterocycles. The summed E-state index contributed by atoms with van der Waals surface area (Å²) in [5.41, 5.74) is 2.54. The van der Waals surface area contributed by atoms with Gasteiger partial charge in [-0.3, -0.25) is 4.79 Å². The van der Waals surface area contributed by atoms with Crippen LogP contribution in [0.15, 0.2) is 11.6 Å². The molecule has 0 N–H and O–H groups in total. The number of hydrogen-bond acceptors (Lipinski definition) is 2. The average Bonchev–Trinajstić information content (AvgIpc) is 3.33. The third-order valence-corrected chi connectivity index (χ3v) is 13.5. The highest BCUT2D eigenvalue weighted by molar-refractivity contribution is 5.69. The van der Waals surface area contributed by atoms with Crippen LogP contribution in [0.3, 0.4) is 0 Å². The Kier molecular flexibility index (Phi) is 13.6. The molecule has 8 atom stereocenters. The van der Waals surface area contributed by atoms with E-state index in [-0.39, 0.29) is 12.1 Å². The van der Waals surface area contributed by atoms with Gasteiger partial charge in [0.05, 0.1) is 0 Å². The number of carbonyl (C=O) groups excluding carboxylic acids is 1. The highest BCUT2D eigenvalue weighted by Gasteiger charge is 2.59. The van der Waals surface area contributed by atoms with Crippen LogP contribution in [0.4, 0.5) is 0 Å². The van der Waals surface area contributed by atoms with E-state index in [2.05, 4.69) is 47.6 Å².